The van der Waals surface area contributed by atoms with Gasteiger partial charge in [0, 0.05) is 126 Å². The van der Waals surface area contributed by atoms with Crippen molar-refractivity contribution in [2.45, 2.75) is 39.4 Å². The normalized spacial score (nSPS) is 20.0. The zero-order valence-electron chi connectivity index (χ0n) is 62.8. The number of hydrogen-bond acceptors (Lipinski definition) is 6. The van der Waals surface area contributed by atoms with E-state index >= 15 is 0 Å². The Labute approximate surface area is 690 Å². The Hall–Kier alpha value is -11.1. The number of fused-ring (bicyclic) bond motifs is 4. The molecule has 5 nitrogen and oxygen atoms in total. The number of anilines is 8. The van der Waals surface area contributed by atoms with Gasteiger partial charge in [-0.2, -0.15) is 0 Å². The first-order valence-electron chi connectivity index (χ1n) is 38.7. The molecule has 0 aromatic heterocycles. The summed E-state index contributed by atoms with van der Waals surface area (Å²) in [4.78, 5) is 10.0. The first kappa shape index (κ1) is 75.9. The van der Waals surface area contributed by atoms with Crippen LogP contribution in [0, 0.1) is 61.2 Å². The third-order valence-corrected chi connectivity index (χ3v) is 24.6. The van der Waals surface area contributed by atoms with Gasteiger partial charge in [-0.25, -0.2) is 0 Å². The Kier molecular flexibility index (Phi) is 22.9. The fourth-order valence-electron chi connectivity index (χ4n) is 18.1. The van der Waals surface area contributed by atoms with Crippen LogP contribution in [-0.4, -0.2) is 14.8 Å². The fourth-order valence-corrected chi connectivity index (χ4v) is 18.9. The Bertz CT molecular complexity index is 5650. The topological polar surface area (TPSA) is 25.3 Å². The summed E-state index contributed by atoms with van der Waals surface area (Å²) < 4.78 is 18.2. The van der Waals surface area contributed by atoms with Crippen molar-refractivity contribution >= 4 is 141 Å². The van der Waals surface area contributed by atoms with E-state index in [4.69, 9.17) is 1.37 Å². The van der Waals surface area contributed by atoms with Crippen molar-refractivity contribution < 1.29 is 5.76 Å². The molecule has 8 aliphatic rings. The van der Waals surface area contributed by atoms with Crippen LogP contribution in [0.25, 0.3) is 43.1 Å². The second kappa shape index (κ2) is 34.1. The maximum atomic E-state index is 9.96. The Balaban J connectivity index is 0.000000166. The predicted octanol–water partition coefficient (Wildman–Crippen LogP) is 28.9. The molecule has 557 valence electrons. The summed E-state index contributed by atoms with van der Waals surface area (Å²) in [6.45, 7) is 4.33. The van der Waals surface area contributed by atoms with Gasteiger partial charge in [0.05, 0.1) is 8.52 Å². The molecule has 10 heteroatoms. The maximum absolute atomic E-state index is 9.96. The Morgan fingerprint density at radius 2 is 0.531 bits per heavy atom. The van der Waals surface area contributed by atoms with Crippen molar-refractivity contribution in [1.82, 2.24) is 0 Å². The number of halogens is 3. The molecule has 0 saturated carbocycles. The van der Waals surface area contributed by atoms with E-state index < -0.39 is 7.15 Å². The molecule has 8 unspecified atom stereocenters. The van der Waals surface area contributed by atoms with Crippen LogP contribution < -0.4 is 19.6 Å². The van der Waals surface area contributed by atoms with Crippen molar-refractivity contribution in [2.75, 3.05) is 26.8 Å². The molecular formula is C103H90BBr2FN5S. The van der Waals surface area contributed by atoms with Crippen molar-refractivity contribution in [2.24, 2.45) is 51.6 Å². The molecule has 8 aliphatic carbocycles. The second-order valence-electron chi connectivity index (χ2n) is 29.5. The quantitative estimate of drug-likeness (QED) is 0.0666. The minimum atomic E-state index is -1.00. The number of rotatable bonds is 14. The van der Waals surface area contributed by atoms with Gasteiger partial charge in [0.25, 0.3) is 0 Å². The van der Waals surface area contributed by atoms with E-state index in [-0.39, 0.29) is 38.5 Å². The van der Waals surface area contributed by atoms with Crippen molar-refractivity contribution in [3.8, 4) is 0 Å². The van der Waals surface area contributed by atoms with E-state index in [1.165, 1.54) is 156 Å². The SMILES string of the molecule is BrCc1ccc(N(C2=CC=C3C=CC4C(N(c5ccc(CBr)cc5)c5ccc6ccccc6c5)=CC=C5C=CC2C3C54)c2ccc3ccccc3c2)cc1.C.C.Cc1ccc(N(C2=CC=C3C=CC4C(N(c5ccc(C)cc5)c5ccc6ccccc6c5)=CC=C5C=CC2C3C54)c2ccc3ccccc3c2)cc1.[2H]CF.[B]=NS. The van der Waals surface area contributed by atoms with E-state index in [2.05, 4.69) is 454 Å². The molecular weight excluding hydrogens is 1530 g/mol. The van der Waals surface area contributed by atoms with Gasteiger partial charge in [0.2, 0.25) is 0 Å². The zero-order valence-corrected chi connectivity index (χ0v) is 65.8. The van der Waals surface area contributed by atoms with Crippen molar-refractivity contribution in [1.29, 1.82) is 0 Å². The molecule has 8 atom stereocenters. The summed E-state index contributed by atoms with van der Waals surface area (Å²) in [5, 5.41) is 11.7. The Morgan fingerprint density at radius 1 is 0.327 bits per heavy atom. The van der Waals surface area contributed by atoms with Crippen LogP contribution in [0.2, 0.25) is 0 Å². The Morgan fingerprint density at radius 3 is 0.752 bits per heavy atom. The van der Waals surface area contributed by atoms with Crippen LogP contribution >= 0.6 is 44.7 Å². The van der Waals surface area contributed by atoms with Gasteiger partial charge >= 0.3 is 24.8 Å². The van der Waals surface area contributed by atoms with Crippen LogP contribution in [0.4, 0.5) is 49.9 Å². The van der Waals surface area contributed by atoms with Gasteiger partial charge in [-0.15, -0.1) is 0 Å². The van der Waals surface area contributed by atoms with E-state index in [0.717, 1.165) is 10.7 Å². The van der Waals surface area contributed by atoms with E-state index in [1.54, 1.807) is 0 Å². The van der Waals surface area contributed by atoms with E-state index in [9.17, 15) is 4.39 Å². The summed E-state index contributed by atoms with van der Waals surface area (Å²) >= 11 is 10.5. The standard InChI is InChI=1S/C50H38Br2N2.C50H40N2.CH3F.2CH4.BHNS/c51-31-33-9-19-41(20-10-33)53(43-23-13-35-5-1-3-7-39(35)29-43)47-27-17-37-16-26-46-48(28-18-38-15-25-45(47)49(37)50(38)46)54(42-21-11-34(32-52)12-22-42)44-24-14-36-6-2-4-8-40(36)30-44;1-33-11-21-41(22-12-33)51(43-25-15-35-7-3-5-9-39(35)31-43)47-29-19-37-18-28-46-48(30-20-38-17-27-45(47)49(37)50(38)46)52(42-23-13-34(2)14-24-42)44-26-16-36-8-4-6-10-40(36)32-44;1-2;;;1-2-3/h1-30,45-46,49-50H,31-32H2;3-32,45-46,49-50H,1-2H3;1H3;2*1H4;3H/i;;1D;;;. The molecule has 12 aromatic carbocycles. The third kappa shape index (κ3) is 14.9. The number of benzene rings is 12. The van der Waals surface area contributed by atoms with Gasteiger partial charge in [-0.3, -0.25) is 4.39 Å². The number of nitrogens with zero attached hydrogens (tertiary/aromatic N) is 5. The number of alkyl halides is 3. The van der Waals surface area contributed by atoms with Crippen LogP contribution in [0.15, 0.2) is 414 Å². The molecule has 0 spiro atoms. The summed E-state index contributed by atoms with van der Waals surface area (Å²) in [6.07, 6.45) is 38.6. The monoisotopic (exact) mass is 1620 g/mol. The zero-order chi connectivity index (χ0) is 76.3. The van der Waals surface area contributed by atoms with Crippen LogP contribution in [0.5, 0.6) is 0 Å². The fraction of sp³-hybridized carbons (Fsp3) is 0.146. The average Bonchev–Trinajstić information content (AvgIpc) is 0.723. The average molecular weight is 1620 g/mol. The molecule has 0 fully saturated rings. The molecule has 0 N–H and O–H groups in total. The first-order valence-corrected chi connectivity index (χ1v) is 40.6. The van der Waals surface area contributed by atoms with Gasteiger partial charge in [-0.05, 0) is 212 Å². The third-order valence-electron chi connectivity index (χ3n) is 23.3. The van der Waals surface area contributed by atoms with Gasteiger partial charge in [0.15, 0.2) is 0 Å². The number of aryl methyl sites for hydroxylation is 2. The molecule has 0 aliphatic heterocycles. The summed E-state index contributed by atoms with van der Waals surface area (Å²) in [7, 11) is 3.34. The predicted molar refractivity (Wildman–Crippen MR) is 492 cm³/mol. The van der Waals surface area contributed by atoms with Crippen LogP contribution in [-0.2, 0) is 10.7 Å². The van der Waals surface area contributed by atoms with Crippen molar-refractivity contribution in [3.63, 3.8) is 0 Å². The number of hydrogen-bond donors (Lipinski definition) is 1. The van der Waals surface area contributed by atoms with E-state index in [1.807, 2.05) is 0 Å². The van der Waals surface area contributed by atoms with Crippen molar-refractivity contribution in [3.05, 3.63) is 431 Å². The molecule has 0 heterocycles. The first-order chi connectivity index (χ1) is 55.1. The van der Waals surface area contributed by atoms with Gasteiger partial charge < -0.3 is 19.6 Å². The van der Waals surface area contributed by atoms with Crippen LogP contribution in [0.1, 0.15) is 38.5 Å². The number of allylic oxidation sites excluding steroid dienone is 20. The summed E-state index contributed by atoms with van der Waals surface area (Å²) in [5.41, 5.74) is 25.4. The molecule has 0 amide bonds. The molecule has 113 heavy (non-hydrogen) atoms. The minimum absolute atomic E-state index is 0. The molecule has 12 aromatic rings. The number of thiol groups is 1. The second-order valence-corrected chi connectivity index (χ2v) is 30.9. The van der Waals surface area contributed by atoms with Crippen LogP contribution in [0.3, 0.4) is 0 Å². The van der Waals surface area contributed by atoms with Gasteiger partial charge in [0.1, 0.15) is 0 Å². The summed E-state index contributed by atoms with van der Waals surface area (Å²) in [6, 6.07) is 98.3. The molecule has 0 bridgehead atoms. The van der Waals surface area contributed by atoms with E-state index in [0.29, 0.717) is 23.7 Å². The summed E-state index contributed by atoms with van der Waals surface area (Å²) in [5.74, 6) is 2.09. The molecule has 1 radical (unpaired) electrons. The van der Waals surface area contributed by atoms with Gasteiger partial charge in [-0.1, -0.05) is 301 Å². The molecule has 20 rings (SSSR count). The molecule has 0 saturated heterocycles.